The number of hydrogen-bond acceptors (Lipinski definition) is 5. The van der Waals surface area contributed by atoms with Gasteiger partial charge in [0.25, 0.3) is 5.69 Å². The Morgan fingerprint density at radius 2 is 1.87 bits per heavy atom. The van der Waals surface area contributed by atoms with Crippen LogP contribution in [0.2, 0.25) is 5.02 Å². The van der Waals surface area contributed by atoms with E-state index in [4.69, 9.17) is 11.6 Å². The third-order valence-electron chi connectivity index (χ3n) is 2.76. The summed E-state index contributed by atoms with van der Waals surface area (Å²) in [6.07, 6.45) is 1.49. The lowest BCUT2D eigenvalue weighted by Crippen LogP contribution is -2.29. The van der Waals surface area contributed by atoms with Crippen molar-refractivity contribution >= 4 is 40.6 Å². The number of nitrogens with one attached hydrogen (secondary N) is 2. The summed E-state index contributed by atoms with van der Waals surface area (Å²) in [6, 6.07) is 7.01. The molecule has 0 radical (unpaired) electrons. The van der Waals surface area contributed by atoms with Crippen molar-refractivity contribution < 1.29 is 14.5 Å². The van der Waals surface area contributed by atoms with E-state index in [2.05, 4.69) is 15.6 Å². The van der Waals surface area contributed by atoms with Crippen molar-refractivity contribution in [3.05, 3.63) is 57.2 Å². The van der Waals surface area contributed by atoms with Crippen LogP contribution >= 0.6 is 11.6 Å². The monoisotopic (exact) mass is 334 g/mol. The number of aryl methyl sites for hydroxylation is 1. The molecule has 0 spiro atoms. The number of amides is 2. The number of hydrogen-bond donors (Lipinski definition) is 2. The maximum atomic E-state index is 11.8. The molecule has 2 amide bonds. The van der Waals surface area contributed by atoms with E-state index in [1.165, 1.54) is 18.3 Å². The Bertz CT molecular complexity index is 794. The van der Waals surface area contributed by atoms with Gasteiger partial charge in [0.2, 0.25) is 0 Å². The van der Waals surface area contributed by atoms with Crippen LogP contribution in [0.5, 0.6) is 0 Å². The summed E-state index contributed by atoms with van der Waals surface area (Å²) in [5.41, 5.74) is 0.577. The first kappa shape index (κ1) is 16.4. The van der Waals surface area contributed by atoms with E-state index < -0.39 is 16.7 Å². The van der Waals surface area contributed by atoms with Crippen LogP contribution in [0.25, 0.3) is 0 Å². The maximum absolute atomic E-state index is 11.8. The van der Waals surface area contributed by atoms with E-state index in [-0.39, 0.29) is 22.2 Å². The lowest BCUT2D eigenvalue weighted by molar-refractivity contribution is -0.384. The average molecular weight is 335 g/mol. The van der Waals surface area contributed by atoms with Crippen LogP contribution in [0.3, 0.4) is 0 Å². The zero-order valence-electron chi connectivity index (χ0n) is 11.9. The first-order valence-electron chi connectivity index (χ1n) is 6.36. The standard InChI is InChI=1S/C14H11ClN4O4/c1-8-4-5-16-12(6-8)18-14(21)13(20)17-9-2-3-10(15)11(7-9)19(22)23/h2-7H,1H3,(H,17,20)(H,16,18,21). The molecule has 1 heterocycles. The third kappa shape index (κ3) is 4.24. The summed E-state index contributed by atoms with van der Waals surface area (Å²) in [6.45, 7) is 1.81. The van der Waals surface area contributed by atoms with Crippen LogP contribution in [0.1, 0.15) is 5.56 Å². The second-order valence-electron chi connectivity index (χ2n) is 4.55. The Morgan fingerprint density at radius 3 is 2.52 bits per heavy atom. The van der Waals surface area contributed by atoms with E-state index in [9.17, 15) is 19.7 Å². The van der Waals surface area contributed by atoms with Gasteiger partial charge >= 0.3 is 11.8 Å². The van der Waals surface area contributed by atoms with Crippen LogP contribution in [0.15, 0.2) is 36.5 Å². The second-order valence-corrected chi connectivity index (χ2v) is 4.96. The zero-order chi connectivity index (χ0) is 17.0. The number of nitrogens with zero attached hydrogens (tertiary/aromatic N) is 2. The van der Waals surface area contributed by atoms with Crippen molar-refractivity contribution in [1.82, 2.24) is 4.98 Å². The molecule has 9 heteroatoms. The molecular formula is C14H11ClN4O4. The fourth-order valence-electron chi connectivity index (χ4n) is 1.70. The molecule has 0 fully saturated rings. The molecule has 0 saturated carbocycles. The van der Waals surface area contributed by atoms with E-state index >= 15 is 0 Å². The number of nitro benzene ring substituents is 1. The predicted octanol–water partition coefficient (Wildman–Crippen LogP) is 2.53. The minimum atomic E-state index is -0.982. The number of halogens is 1. The Balaban J connectivity index is 2.08. The largest absolute Gasteiger partial charge is 0.318 e. The molecule has 0 atom stereocenters. The molecule has 23 heavy (non-hydrogen) atoms. The van der Waals surface area contributed by atoms with Gasteiger partial charge < -0.3 is 10.6 Å². The fraction of sp³-hybridized carbons (Fsp3) is 0.0714. The summed E-state index contributed by atoms with van der Waals surface area (Å²) in [5.74, 6) is -1.70. The average Bonchev–Trinajstić information content (AvgIpc) is 2.48. The van der Waals surface area contributed by atoms with E-state index in [0.717, 1.165) is 11.6 Å². The van der Waals surface area contributed by atoms with Crippen molar-refractivity contribution in [2.75, 3.05) is 10.6 Å². The molecule has 0 aliphatic carbocycles. The van der Waals surface area contributed by atoms with Crippen molar-refractivity contribution in [3.8, 4) is 0 Å². The highest BCUT2D eigenvalue weighted by atomic mass is 35.5. The molecule has 8 nitrogen and oxygen atoms in total. The van der Waals surface area contributed by atoms with Crippen molar-refractivity contribution in [2.24, 2.45) is 0 Å². The summed E-state index contributed by atoms with van der Waals surface area (Å²) in [4.78, 5) is 37.6. The van der Waals surface area contributed by atoms with Crippen molar-refractivity contribution in [1.29, 1.82) is 0 Å². The lowest BCUT2D eigenvalue weighted by Gasteiger charge is -2.06. The number of aromatic nitrogens is 1. The molecule has 1 aromatic heterocycles. The SMILES string of the molecule is Cc1ccnc(NC(=O)C(=O)Nc2ccc(Cl)c([N+](=O)[O-])c2)c1. The Labute approximate surface area is 135 Å². The second kappa shape index (κ2) is 6.84. The molecule has 118 valence electrons. The van der Waals surface area contributed by atoms with Gasteiger partial charge in [-0.05, 0) is 36.8 Å². The van der Waals surface area contributed by atoms with E-state index in [1.54, 1.807) is 12.1 Å². The van der Waals surface area contributed by atoms with Gasteiger partial charge in [-0.15, -0.1) is 0 Å². The van der Waals surface area contributed by atoms with E-state index in [1.807, 2.05) is 6.92 Å². The van der Waals surface area contributed by atoms with Crippen molar-refractivity contribution in [2.45, 2.75) is 6.92 Å². The molecule has 2 rings (SSSR count). The van der Waals surface area contributed by atoms with E-state index in [0.29, 0.717) is 0 Å². The molecule has 2 N–H and O–H groups in total. The predicted molar refractivity (Wildman–Crippen MR) is 84.3 cm³/mol. The third-order valence-corrected chi connectivity index (χ3v) is 3.08. The highest BCUT2D eigenvalue weighted by Crippen LogP contribution is 2.27. The molecule has 1 aromatic carbocycles. The van der Waals surface area contributed by atoms with Crippen LogP contribution in [0.4, 0.5) is 17.2 Å². The van der Waals surface area contributed by atoms with Crippen LogP contribution in [0, 0.1) is 17.0 Å². The quantitative estimate of drug-likeness (QED) is 0.508. The molecule has 0 unspecified atom stereocenters. The molecule has 2 aromatic rings. The van der Waals surface area contributed by atoms with Gasteiger partial charge in [0.1, 0.15) is 10.8 Å². The number of carbonyl (C=O) groups is 2. The molecular weight excluding hydrogens is 324 g/mol. The summed E-state index contributed by atoms with van der Waals surface area (Å²) in [7, 11) is 0. The summed E-state index contributed by atoms with van der Waals surface area (Å²) in [5, 5.41) is 15.3. The number of pyridine rings is 1. The minimum Gasteiger partial charge on any atom is -0.318 e. The van der Waals surface area contributed by atoms with Crippen LogP contribution in [-0.4, -0.2) is 21.7 Å². The number of nitro groups is 1. The highest BCUT2D eigenvalue weighted by molar-refractivity contribution is 6.43. The Morgan fingerprint density at radius 1 is 1.17 bits per heavy atom. The number of carbonyl (C=O) groups excluding carboxylic acids is 2. The smallest absolute Gasteiger partial charge is 0.315 e. The summed E-state index contributed by atoms with van der Waals surface area (Å²) < 4.78 is 0. The van der Waals surface area contributed by atoms with Gasteiger partial charge in [-0.2, -0.15) is 0 Å². The normalized spacial score (nSPS) is 10.0. The molecule has 0 bridgehead atoms. The minimum absolute atomic E-state index is 0.0681. The van der Waals surface area contributed by atoms with Gasteiger partial charge in [-0.3, -0.25) is 19.7 Å². The van der Waals surface area contributed by atoms with Gasteiger partial charge in [-0.25, -0.2) is 4.98 Å². The zero-order valence-corrected chi connectivity index (χ0v) is 12.6. The number of benzene rings is 1. The Hall–Kier alpha value is -3.00. The molecule has 0 aliphatic rings. The Kier molecular flexibility index (Phi) is 4.87. The molecule has 0 saturated heterocycles. The molecule has 0 aliphatic heterocycles. The fourth-order valence-corrected chi connectivity index (χ4v) is 1.88. The maximum Gasteiger partial charge on any atom is 0.315 e. The van der Waals surface area contributed by atoms with Gasteiger partial charge in [0.15, 0.2) is 0 Å². The first-order chi connectivity index (χ1) is 10.9. The topological polar surface area (TPSA) is 114 Å². The number of anilines is 2. The lowest BCUT2D eigenvalue weighted by atomic mass is 10.2. The van der Waals surface area contributed by atoms with Crippen molar-refractivity contribution in [3.63, 3.8) is 0 Å². The number of rotatable bonds is 3. The van der Waals surface area contributed by atoms with Crippen LogP contribution in [-0.2, 0) is 9.59 Å². The van der Waals surface area contributed by atoms with Crippen LogP contribution < -0.4 is 10.6 Å². The van der Waals surface area contributed by atoms with Gasteiger partial charge in [-0.1, -0.05) is 11.6 Å². The first-order valence-corrected chi connectivity index (χ1v) is 6.73. The summed E-state index contributed by atoms with van der Waals surface area (Å²) >= 11 is 5.67. The van der Waals surface area contributed by atoms with Gasteiger partial charge in [0.05, 0.1) is 4.92 Å². The highest BCUT2D eigenvalue weighted by Gasteiger charge is 2.18. The van der Waals surface area contributed by atoms with Gasteiger partial charge in [0, 0.05) is 18.0 Å².